The van der Waals surface area contributed by atoms with Crippen molar-refractivity contribution in [1.82, 2.24) is 5.43 Å². The average Bonchev–Trinajstić information content (AvgIpc) is 2.74. The number of aryl methyl sites for hydroxylation is 1. The lowest BCUT2D eigenvalue weighted by atomic mass is 9.79. The minimum Gasteiger partial charge on any atom is -0.366 e. The Balaban J connectivity index is 1.50. The Bertz CT molecular complexity index is 1170. The number of nitrogens with zero attached hydrogens (tertiary/aromatic N) is 2. The summed E-state index contributed by atoms with van der Waals surface area (Å²) in [4.78, 5) is 15.0. The van der Waals surface area contributed by atoms with Crippen molar-refractivity contribution in [3.05, 3.63) is 76.9 Å². The molecule has 0 spiro atoms. The van der Waals surface area contributed by atoms with Gasteiger partial charge in [0.15, 0.2) is 0 Å². The summed E-state index contributed by atoms with van der Waals surface area (Å²) in [5, 5.41) is 6.53. The maximum atomic E-state index is 12.5. The second-order valence-electron chi connectivity index (χ2n) is 9.54. The predicted octanol–water partition coefficient (Wildman–Crippen LogP) is 5.95. The third kappa shape index (κ3) is 4.27. The monoisotopic (exact) mass is 427 g/mol. The lowest BCUT2D eigenvalue weighted by Gasteiger charge is -2.47. The maximum Gasteiger partial charge on any atom is 0.244 e. The van der Waals surface area contributed by atoms with Crippen molar-refractivity contribution in [1.29, 1.82) is 0 Å². The number of nitrogens with one attached hydrogen (secondary N) is 1. The maximum absolute atomic E-state index is 12.5. The van der Waals surface area contributed by atoms with Gasteiger partial charge in [-0.15, -0.1) is 0 Å². The van der Waals surface area contributed by atoms with Crippen LogP contribution in [0.25, 0.3) is 10.8 Å². The normalized spacial score (nSPS) is 17.5. The van der Waals surface area contributed by atoms with Crippen LogP contribution in [0, 0.1) is 6.92 Å². The first-order chi connectivity index (χ1) is 15.3. The van der Waals surface area contributed by atoms with Crippen molar-refractivity contribution in [3.8, 4) is 0 Å². The lowest BCUT2D eigenvalue weighted by Crippen LogP contribution is -2.48. The van der Waals surface area contributed by atoms with E-state index < -0.39 is 0 Å². The highest BCUT2D eigenvalue weighted by atomic mass is 16.2. The molecule has 0 fully saturated rings. The molecule has 0 aromatic heterocycles. The summed E-state index contributed by atoms with van der Waals surface area (Å²) in [7, 11) is 0. The van der Waals surface area contributed by atoms with Gasteiger partial charge in [-0.25, -0.2) is 5.43 Å². The van der Waals surface area contributed by atoms with Crippen LogP contribution in [0.4, 0.5) is 5.69 Å². The largest absolute Gasteiger partial charge is 0.366 e. The van der Waals surface area contributed by atoms with Crippen LogP contribution in [0.2, 0.25) is 0 Å². The predicted molar refractivity (Wildman–Crippen MR) is 135 cm³/mol. The molecule has 0 bridgehead atoms. The van der Waals surface area contributed by atoms with Crippen molar-refractivity contribution < 1.29 is 4.79 Å². The Kier molecular flexibility index (Phi) is 6.05. The summed E-state index contributed by atoms with van der Waals surface area (Å²) in [5.41, 5.74) is 8.78. The van der Waals surface area contributed by atoms with Crippen LogP contribution >= 0.6 is 0 Å². The quantitative estimate of drug-likeness (QED) is 0.404. The molecule has 0 radical (unpaired) electrons. The van der Waals surface area contributed by atoms with Gasteiger partial charge in [0.25, 0.3) is 0 Å². The van der Waals surface area contributed by atoms with Gasteiger partial charge in [0.2, 0.25) is 5.91 Å². The van der Waals surface area contributed by atoms with E-state index in [2.05, 4.69) is 80.4 Å². The summed E-state index contributed by atoms with van der Waals surface area (Å²) in [5.74, 6) is 0.372. The van der Waals surface area contributed by atoms with Gasteiger partial charge < -0.3 is 4.90 Å². The van der Waals surface area contributed by atoms with Gasteiger partial charge in [0.05, 0.1) is 12.6 Å². The first-order valence-electron chi connectivity index (χ1n) is 11.5. The minimum absolute atomic E-state index is 0.111. The number of carbonyl (C=O) groups excluding carboxylic acids is 1. The second-order valence-corrected chi connectivity index (χ2v) is 9.54. The van der Waals surface area contributed by atoms with Crippen LogP contribution in [0.1, 0.15) is 62.3 Å². The third-order valence-corrected chi connectivity index (χ3v) is 6.71. The number of benzene rings is 3. The van der Waals surface area contributed by atoms with E-state index in [0.717, 1.165) is 34.9 Å². The van der Waals surface area contributed by atoms with Crippen molar-refractivity contribution in [2.24, 2.45) is 5.10 Å². The molecule has 166 valence electrons. The summed E-state index contributed by atoms with van der Waals surface area (Å²) in [6, 6.07) is 18.7. The van der Waals surface area contributed by atoms with E-state index in [1.54, 1.807) is 6.21 Å². The van der Waals surface area contributed by atoms with Gasteiger partial charge in [0, 0.05) is 17.8 Å². The van der Waals surface area contributed by atoms with E-state index in [0.29, 0.717) is 12.3 Å². The molecule has 4 heteroatoms. The van der Waals surface area contributed by atoms with E-state index in [1.807, 2.05) is 24.3 Å². The minimum atomic E-state index is -0.111. The van der Waals surface area contributed by atoms with Crippen molar-refractivity contribution in [2.75, 3.05) is 11.4 Å². The number of hydrogen-bond donors (Lipinski definition) is 1. The average molecular weight is 428 g/mol. The molecule has 3 aromatic rings. The zero-order valence-electron chi connectivity index (χ0n) is 19.8. The number of rotatable bonds is 5. The Morgan fingerprint density at radius 3 is 2.72 bits per heavy atom. The molecule has 32 heavy (non-hydrogen) atoms. The molecule has 1 heterocycles. The lowest BCUT2D eigenvalue weighted by molar-refractivity contribution is -0.120. The summed E-state index contributed by atoms with van der Waals surface area (Å²) >= 11 is 0. The topological polar surface area (TPSA) is 44.7 Å². The molecule has 1 aliphatic rings. The van der Waals surface area contributed by atoms with Crippen LogP contribution < -0.4 is 10.3 Å². The van der Waals surface area contributed by atoms with Crippen molar-refractivity contribution >= 4 is 28.6 Å². The van der Waals surface area contributed by atoms with E-state index in [-0.39, 0.29) is 11.4 Å². The highest BCUT2D eigenvalue weighted by molar-refractivity contribution is 5.91. The summed E-state index contributed by atoms with van der Waals surface area (Å²) < 4.78 is 0. The number of fused-ring (bicyclic) bond motifs is 2. The van der Waals surface area contributed by atoms with Gasteiger partial charge in [-0.2, -0.15) is 5.10 Å². The first kappa shape index (κ1) is 22.1. The Hall–Kier alpha value is -3.14. The molecule has 1 amide bonds. The Morgan fingerprint density at radius 1 is 1.19 bits per heavy atom. The fraction of sp³-hybridized carbons (Fsp3) is 0.357. The summed E-state index contributed by atoms with van der Waals surface area (Å²) in [6.45, 7) is 12.3. The standard InChI is InChI=1S/C28H33N3O/c1-6-31-26-14-19(2)23(15-25(26)20(3)17-28(31,4)5)18-29-30-27(32)16-22-12-9-11-21-10-7-8-13-24(21)22/h7-15,18,20H,6,16-17H2,1-5H3,(H,30,32)/b29-18-. The molecule has 3 aromatic carbocycles. The van der Waals surface area contributed by atoms with Gasteiger partial charge in [0.1, 0.15) is 0 Å². The fourth-order valence-corrected chi connectivity index (χ4v) is 5.22. The second kappa shape index (κ2) is 8.78. The number of anilines is 1. The van der Waals surface area contributed by atoms with Crippen molar-refractivity contribution in [2.45, 2.75) is 58.9 Å². The van der Waals surface area contributed by atoms with E-state index in [9.17, 15) is 4.79 Å². The molecule has 1 unspecified atom stereocenters. The fourth-order valence-electron chi connectivity index (χ4n) is 5.22. The molecular weight excluding hydrogens is 394 g/mol. The number of hydrazone groups is 1. The van der Waals surface area contributed by atoms with Crippen LogP contribution in [-0.4, -0.2) is 24.2 Å². The third-order valence-electron chi connectivity index (χ3n) is 6.71. The molecular formula is C28H33N3O. The Morgan fingerprint density at radius 2 is 1.94 bits per heavy atom. The van der Waals surface area contributed by atoms with Crippen LogP contribution in [0.5, 0.6) is 0 Å². The summed E-state index contributed by atoms with van der Waals surface area (Å²) in [6.07, 6.45) is 3.20. The molecule has 0 saturated heterocycles. The van der Waals surface area contributed by atoms with Gasteiger partial charge in [-0.1, -0.05) is 49.4 Å². The number of amides is 1. The van der Waals surface area contributed by atoms with Crippen LogP contribution in [-0.2, 0) is 11.2 Å². The zero-order chi connectivity index (χ0) is 22.9. The Labute approximate surface area is 191 Å². The first-order valence-corrected chi connectivity index (χ1v) is 11.5. The van der Waals surface area contributed by atoms with E-state index >= 15 is 0 Å². The smallest absolute Gasteiger partial charge is 0.244 e. The van der Waals surface area contributed by atoms with E-state index in [4.69, 9.17) is 0 Å². The van der Waals surface area contributed by atoms with Crippen LogP contribution in [0.3, 0.4) is 0 Å². The molecule has 1 atom stereocenters. The van der Waals surface area contributed by atoms with Gasteiger partial charge in [-0.05, 0) is 85.2 Å². The molecule has 0 saturated carbocycles. The zero-order valence-corrected chi connectivity index (χ0v) is 19.8. The highest BCUT2D eigenvalue weighted by Crippen LogP contribution is 2.44. The SMILES string of the molecule is CCN1c2cc(C)c(/C=N\NC(=O)Cc3cccc4ccccc34)cc2C(C)CC1(C)C. The van der Waals surface area contributed by atoms with Gasteiger partial charge >= 0.3 is 0 Å². The van der Waals surface area contributed by atoms with E-state index in [1.165, 1.54) is 16.8 Å². The molecule has 1 N–H and O–H groups in total. The number of carbonyl (C=O) groups is 1. The van der Waals surface area contributed by atoms with Crippen LogP contribution in [0.15, 0.2) is 59.7 Å². The molecule has 1 aliphatic heterocycles. The van der Waals surface area contributed by atoms with Gasteiger partial charge in [-0.3, -0.25) is 4.79 Å². The molecule has 4 rings (SSSR count). The highest BCUT2D eigenvalue weighted by Gasteiger charge is 2.35. The molecule has 0 aliphatic carbocycles. The molecule has 4 nitrogen and oxygen atoms in total. The number of hydrogen-bond acceptors (Lipinski definition) is 3. The van der Waals surface area contributed by atoms with Crippen molar-refractivity contribution in [3.63, 3.8) is 0 Å².